The summed E-state index contributed by atoms with van der Waals surface area (Å²) in [6, 6.07) is 11.6. The molecule has 0 amide bonds. The maximum absolute atomic E-state index is 12.4. The van der Waals surface area contributed by atoms with Crippen LogP contribution in [-0.2, 0) is 15.6 Å². The van der Waals surface area contributed by atoms with Crippen molar-refractivity contribution in [1.29, 1.82) is 0 Å². The van der Waals surface area contributed by atoms with E-state index >= 15 is 0 Å². The maximum Gasteiger partial charge on any atom is 0.269 e. The van der Waals surface area contributed by atoms with E-state index in [-0.39, 0.29) is 16.7 Å². The molecule has 0 N–H and O–H groups in total. The smallest absolute Gasteiger partial charge is 0.269 e. The van der Waals surface area contributed by atoms with Gasteiger partial charge in [0.1, 0.15) is 5.75 Å². The van der Waals surface area contributed by atoms with Crippen LogP contribution in [0.25, 0.3) is 23.1 Å². The zero-order chi connectivity index (χ0) is 18.1. The number of benzene rings is 1. The Morgan fingerprint density at radius 3 is 2.58 bits per heavy atom. The van der Waals surface area contributed by atoms with Gasteiger partial charge >= 0.3 is 0 Å². The van der Waals surface area contributed by atoms with Crippen LogP contribution in [-0.4, -0.2) is 23.8 Å². The average molecular weight is 371 g/mol. The Kier molecular flexibility index (Phi) is 3.92. The largest absolute Gasteiger partial charge is 0.461 e. The Morgan fingerprint density at radius 1 is 1.04 bits per heavy atom. The molecule has 0 bridgehead atoms. The topological polar surface area (TPSA) is 112 Å². The molecule has 9 heteroatoms. The molecular weight excluding hydrogens is 358 g/mol. The standard InChI is InChI=1S/C17H13N3O5S/c1-11-4-6-12(7-5-11)26(21,22)10-16-18-19-17(24-16)13-9-15(25-20-13)14-3-2-8-23-14/h2-9H,10H2,1H3. The van der Waals surface area contributed by atoms with E-state index in [1.165, 1.54) is 6.26 Å². The number of aromatic nitrogens is 3. The van der Waals surface area contributed by atoms with Crippen molar-refractivity contribution < 1.29 is 21.8 Å². The lowest BCUT2D eigenvalue weighted by Crippen LogP contribution is -2.05. The van der Waals surface area contributed by atoms with E-state index in [0.29, 0.717) is 17.2 Å². The quantitative estimate of drug-likeness (QED) is 0.525. The summed E-state index contributed by atoms with van der Waals surface area (Å²) in [5.74, 6) is 0.553. The molecule has 0 saturated heterocycles. The third-order valence-electron chi connectivity index (χ3n) is 3.65. The van der Waals surface area contributed by atoms with Crippen LogP contribution in [0.1, 0.15) is 11.5 Å². The Balaban J connectivity index is 1.56. The SMILES string of the molecule is Cc1ccc(S(=O)(=O)Cc2nnc(-c3cc(-c4ccco4)on3)o2)cc1. The lowest BCUT2D eigenvalue weighted by molar-refractivity contribution is 0.416. The number of furan rings is 1. The van der Waals surface area contributed by atoms with E-state index in [1.807, 2.05) is 6.92 Å². The van der Waals surface area contributed by atoms with Gasteiger partial charge in [-0.25, -0.2) is 8.42 Å². The van der Waals surface area contributed by atoms with Gasteiger partial charge in [-0.1, -0.05) is 22.9 Å². The lowest BCUT2D eigenvalue weighted by atomic mass is 10.2. The van der Waals surface area contributed by atoms with Crippen molar-refractivity contribution in [1.82, 2.24) is 15.4 Å². The van der Waals surface area contributed by atoms with Crippen molar-refractivity contribution in [2.45, 2.75) is 17.6 Å². The van der Waals surface area contributed by atoms with Gasteiger partial charge < -0.3 is 13.4 Å². The Morgan fingerprint density at radius 2 is 1.85 bits per heavy atom. The molecule has 0 aliphatic heterocycles. The first-order valence-electron chi connectivity index (χ1n) is 7.64. The summed E-state index contributed by atoms with van der Waals surface area (Å²) in [4.78, 5) is 0.199. The minimum atomic E-state index is -3.58. The van der Waals surface area contributed by atoms with E-state index < -0.39 is 15.6 Å². The number of hydrogen-bond acceptors (Lipinski definition) is 8. The van der Waals surface area contributed by atoms with Crippen molar-refractivity contribution >= 4 is 9.84 Å². The second-order valence-corrected chi connectivity index (χ2v) is 7.62. The normalized spacial score (nSPS) is 11.7. The van der Waals surface area contributed by atoms with Crippen molar-refractivity contribution in [3.8, 4) is 23.1 Å². The van der Waals surface area contributed by atoms with Gasteiger partial charge in [-0.3, -0.25) is 0 Å². The third-order valence-corrected chi connectivity index (χ3v) is 5.27. The van der Waals surface area contributed by atoms with Gasteiger partial charge in [0.2, 0.25) is 11.7 Å². The Labute approximate surface area is 148 Å². The summed E-state index contributed by atoms with van der Waals surface area (Å²) < 4.78 is 40.7. The third kappa shape index (κ3) is 3.16. The summed E-state index contributed by atoms with van der Waals surface area (Å²) in [6.45, 7) is 1.88. The summed E-state index contributed by atoms with van der Waals surface area (Å²) in [7, 11) is -3.58. The molecule has 1 aromatic carbocycles. The van der Waals surface area contributed by atoms with Crippen LogP contribution in [0.15, 0.2) is 67.0 Å². The van der Waals surface area contributed by atoms with Crippen molar-refractivity contribution in [2.24, 2.45) is 0 Å². The molecule has 0 radical (unpaired) electrons. The first-order chi connectivity index (χ1) is 12.5. The highest BCUT2D eigenvalue weighted by Gasteiger charge is 2.21. The van der Waals surface area contributed by atoms with Crippen LogP contribution >= 0.6 is 0 Å². The Bertz CT molecular complexity index is 1130. The molecule has 0 aliphatic carbocycles. The van der Waals surface area contributed by atoms with Crippen molar-refractivity contribution in [3.05, 3.63) is 60.2 Å². The van der Waals surface area contributed by atoms with Gasteiger partial charge in [0, 0.05) is 6.07 Å². The fraction of sp³-hybridized carbons (Fsp3) is 0.118. The molecule has 4 rings (SSSR count). The number of aryl methyl sites for hydroxylation is 1. The van der Waals surface area contributed by atoms with Crippen LogP contribution in [0.3, 0.4) is 0 Å². The summed E-state index contributed by atoms with van der Waals surface area (Å²) in [5, 5.41) is 11.5. The fourth-order valence-corrected chi connectivity index (χ4v) is 3.48. The molecule has 0 spiro atoms. The van der Waals surface area contributed by atoms with Crippen LogP contribution in [0, 0.1) is 6.92 Å². The first-order valence-corrected chi connectivity index (χ1v) is 9.29. The second-order valence-electron chi connectivity index (χ2n) is 5.63. The molecule has 4 aromatic rings. The van der Waals surface area contributed by atoms with Crippen LogP contribution in [0.4, 0.5) is 0 Å². The molecule has 0 fully saturated rings. The number of hydrogen-bond donors (Lipinski definition) is 0. The minimum absolute atomic E-state index is 0.0249. The van der Waals surface area contributed by atoms with Crippen molar-refractivity contribution in [3.63, 3.8) is 0 Å². The summed E-state index contributed by atoms with van der Waals surface area (Å²) in [6.07, 6.45) is 1.51. The predicted molar refractivity (Wildman–Crippen MR) is 89.6 cm³/mol. The average Bonchev–Trinajstić information content (AvgIpc) is 3.35. The monoisotopic (exact) mass is 371 g/mol. The molecule has 0 saturated carbocycles. The minimum Gasteiger partial charge on any atom is -0.461 e. The molecule has 3 heterocycles. The van der Waals surface area contributed by atoms with Gasteiger partial charge in [-0.15, -0.1) is 10.2 Å². The lowest BCUT2D eigenvalue weighted by Gasteiger charge is -2.01. The highest BCUT2D eigenvalue weighted by atomic mass is 32.2. The molecule has 8 nitrogen and oxygen atoms in total. The van der Waals surface area contributed by atoms with Gasteiger partial charge in [0.25, 0.3) is 5.89 Å². The van der Waals surface area contributed by atoms with Gasteiger partial charge in [-0.05, 0) is 31.2 Å². The zero-order valence-electron chi connectivity index (χ0n) is 13.6. The molecule has 26 heavy (non-hydrogen) atoms. The van der Waals surface area contributed by atoms with Crippen LogP contribution < -0.4 is 0 Å². The van der Waals surface area contributed by atoms with E-state index in [2.05, 4.69) is 15.4 Å². The first kappa shape index (κ1) is 16.3. The molecule has 0 unspecified atom stereocenters. The van der Waals surface area contributed by atoms with Gasteiger partial charge in [0.15, 0.2) is 21.3 Å². The fourth-order valence-electron chi connectivity index (χ4n) is 2.32. The Hall–Kier alpha value is -3.20. The molecule has 0 aliphatic rings. The van der Waals surface area contributed by atoms with E-state index in [4.69, 9.17) is 13.4 Å². The van der Waals surface area contributed by atoms with E-state index in [9.17, 15) is 8.42 Å². The predicted octanol–water partition coefficient (Wildman–Crippen LogP) is 3.27. The highest BCUT2D eigenvalue weighted by molar-refractivity contribution is 7.90. The summed E-state index contributed by atoms with van der Waals surface area (Å²) >= 11 is 0. The van der Waals surface area contributed by atoms with Crippen LogP contribution in [0.2, 0.25) is 0 Å². The van der Waals surface area contributed by atoms with Crippen molar-refractivity contribution in [2.75, 3.05) is 0 Å². The van der Waals surface area contributed by atoms with Gasteiger partial charge in [0.05, 0.1) is 11.2 Å². The molecule has 3 aromatic heterocycles. The van der Waals surface area contributed by atoms with E-state index in [1.54, 1.807) is 42.5 Å². The van der Waals surface area contributed by atoms with E-state index in [0.717, 1.165) is 5.56 Å². The highest BCUT2D eigenvalue weighted by Crippen LogP contribution is 2.26. The summed E-state index contributed by atoms with van der Waals surface area (Å²) in [5.41, 5.74) is 1.27. The second kappa shape index (κ2) is 6.26. The molecule has 132 valence electrons. The maximum atomic E-state index is 12.4. The number of rotatable bonds is 5. The number of nitrogens with zero attached hydrogens (tertiary/aromatic N) is 3. The molecule has 0 atom stereocenters. The number of sulfone groups is 1. The molecular formula is C17H13N3O5S. The van der Waals surface area contributed by atoms with Crippen LogP contribution in [0.5, 0.6) is 0 Å². The zero-order valence-corrected chi connectivity index (χ0v) is 14.4. The van der Waals surface area contributed by atoms with Gasteiger partial charge in [-0.2, -0.15) is 0 Å².